The molecule has 1 fully saturated rings. The molecule has 20 heavy (non-hydrogen) atoms. The number of hydrogen-bond acceptors (Lipinski definition) is 7. The smallest absolute Gasteiger partial charge is 0.243 e. The van der Waals surface area contributed by atoms with Crippen molar-refractivity contribution in [3.05, 3.63) is 0 Å². The number of rotatable bonds is 5. The van der Waals surface area contributed by atoms with Crippen molar-refractivity contribution in [3.8, 4) is 0 Å². The first-order chi connectivity index (χ1) is 9.78. The summed E-state index contributed by atoms with van der Waals surface area (Å²) in [6.45, 7) is 7.92. The van der Waals surface area contributed by atoms with E-state index in [9.17, 15) is 0 Å². The molecule has 112 valence electrons. The Morgan fingerprint density at radius 2 is 1.70 bits per heavy atom. The summed E-state index contributed by atoms with van der Waals surface area (Å²) in [4.78, 5) is 17.7. The van der Waals surface area contributed by atoms with Crippen molar-refractivity contribution >= 4 is 17.8 Å². The van der Waals surface area contributed by atoms with Gasteiger partial charge in [-0.1, -0.05) is 12.8 Å². The molecule has 7 heteroatoms. The lowest BCUT2D eigenvalue weighted by molar-refractivity contribution is 0.726. The van der Waals surface area contributed by atoms with Crippen molar-refractivity contribution in [2.45, 2.75) is 39.5 Å². The number of aromatic nitrogens is 3. The minimum absolute atomic E-state index is 0.432. The zero-order chi connectivity index (χ0) is 14.4. The summed E-state index contributed by atoms with van der Waals surface area (Å²) in [5.41, 5.74) is 2.55. The van der Waals surface area contributed by atoms with E-state index in [1.54, 1.807) is 0 Å². The van der Waals surface area contributed by atoms with E-state index >= 15 is 0 Å². The van der Waals surface area contributed by atoms with Gasteiger partial charge in [-0.15, -0.1) is 0 Å². The van der Waals surface area contributed by atoms with Crippen LogP contribution in [0.5, 0.6) is 0 Å². The first-order valence-corrected chi connectivity index (χ1v) is 7.51. The van der Waals surface area contributed by atoms with Crippen LogP contribution < -0.4 is 21.1 Å². The minimum atomic E-state index is 0.432. The molecule has 2 heterocycles. The van der Waals surface area contributed by atoms with Crippen molar-refractivity contribution in [1.29, 1.82) is 0 Å². The van der Waals surface area contributed by atoms with Crippen molar-refractivity contribution in [1.82, 2.24) is 15.0 Å². The predicted molar refractivity (Wildman–Crippen MR) is 81.9 cm³/mol. The lowest BCUT2D eigenvalue weighted by Crippen LogP contribution is -2.30. The van der Waals surface area contributed by atoms with E-state index in [0.717, 1.165) is 32.1 Å². The fraction of sp³-hybridized carbons (Fsp3) is 0.769. The Labute approximate surface area is 120 Å². The molecule has 3 N–H and O–H groups in total. The van der Waals surface area contributed by atoms with E-state index in [1.165, 1.54) is 25.7 Å². The van der Waals surface area contributed by atoms with E-state index in [0.29, 0.717) is 11.9 Å². The van der Waals surface area contributed by atoms with Gasteiger partial charge in [0.25, 0.3) is 0 Å². The normalized spacial score (nSPS) is 15.8. The number of hydrogen-bond donors (Lipinski definition) is 2. The Kier molecular flexibility index (Phi) is 5.34. The number of nitrogen functional groups attached to an aromatic ring is 1. The summed E-state index contributed by atoms with van der Waals surface area (Å²) in [6, 6.07) is 0. The van der Waals surface area contributed by atoms with Gasteiger partial charge in [0, 0.05) is 26.2 Å². The summed E-state index contributed by atoms with van der Waals surface area (Å²) in [7, 11) is 0. The van der Waals surface area contributed by atoms with E-state index in [4.69, 9.17) is 5.84 Å². The summed E-state index contributed by atoms with van der Waals surface area (Å²) < 4.78 is 0. The molecule has 1 aromatic rings. The summed E-state index contributed by atoms with van der Waals surface area (Å²) in [5, 5.41) is 0. The predicted octanol–water partition coefficient (Wildman–Crippen LogP) is 1.38. The maximum atomic E-state index is 5.49. The summed E-state index contributed by atoms with van der Waals surface area (Å²) >= 11 is 0. The number of nitrogens with zero attached hydrogens (tertiary/aromatic N) is 5. The number of anilines is 3. The monoisotopic (exact) mass is 279 g/mol. The van der Waals surface area contributed by atoms with Crippen LogP contribution in [0, 0.1) is 0 Å². The van der Waals surface area contributed by atoms with Gasteiger partial charge in [-0.25, -0.2) is 5.84 Å². The number of hydrazine groups is 1. The van der Waals surface area contributed by atoms with Crippen LogP contribution in [0.4, 0.5) is 17.8 Å². The highest BCUT2D eigenvalue weighted by Gasteiger charge is 2.17. The Balaban J connectivity index is 2.28. The molecular weight excluding hydrogens is 254 g/mol. The van der Waals surface area contributed by atoms with Crippen molar-refractivity contribution < 1.29 is 0 Å². The van der Waals surface area contributed by atoms with Gasteiger partial charge in [0.05, 0.1) is 0 Å². The van der Waals surface area contributed by atoms with Crippen LogP contribution in [-0.4, -0.2) is 41.1 Å². The van der Waals surface area contributed by atoms with Gasteiger partial charge in [-0.2, -0.15) is 15.0 Å². The van der Waals surface area contributed by atoms with Crippen molar-refractivity contribution in [2.75, 3.05) is 41.4 Å². The molecule has 1 aliphatic rings. The standard InChI is InChI=1S/C13H25N7/c1-3-19(4-2)12-15-11(18-14)16-13(17-12)20-9-7-5-6-8-10-20/h3-10,14H2,1-2H3,(H,15,16,17,18). The van der Waals surface area contributed by atoms with Gasteiger partial charge >= 0.3 is 0 Å². The van der Waals surface area contributed by atoms with E-state index < -0.39 is 0 Å². The van der Waals surface area contributed by atoms with E-state index in [1.807, 2.05) is 0 Å². The lowest BCUT2D eigenvalue weighted by Gasteiger charge is -2.24. The van der Waals surface area contributed by atoms with Crippen LogP contribution >= 0.6 is 0 Å². The largest absolute Gasteiger partial charge is 0.341 e. The van der Waals surface area contributed by atoms with Gasteiger partial charge < -0.3 is 9.80 Å². The SMILES string of the molecule is CCN(CC)c1nc(NN)nc(N2CCCCCC2)n1. The molecule has 0 aliphatic carbocycles. The first-order valence-electron chi connectivity index (χ1n) is 7.51. The highest BCUT2D eigenvalue weighted by molar-refractivity contribution is 5.44. The minimum Gasteiger partial charge on any atom is -0.341 e. The molecule has 0 radical (unpaired) electrons. The molecule has 1 saturated heterocycles. The lowest BCUT2D eigenvalue weighted by atomic mass is 10.2. The second kappa shape index (κ2) is 7.23. The molecule has 2 rings (SSSR count). The molecule has 7 nitrogen and oxygen atoms in total. The zero-order valence-corrected chi connectivity index (χ0v) is 12.5. The topological polar surface area (TPSA) is 83.2 Å². The molecule has 0 spiro atoms. The molecule has 0 saturated carbocycles. The fourth-order valence-electron chi connectivity index (χ4n) is 2.48. The van der Waals surface area contributed by atoms with E-state index in [2.05, 4.69) is 44.0 Å². The summed E-state index contributed by atoms with van der Waals surface area (Å²) in [6.07, 6.45) is 4.95. The second-order valence-electron chi connectivity index (χ2n) is 4.98. The van der Waals surface area contributed by atoms with Crippen molar-refractivity contribution in [2.24, 2.45) is 5.84 Å². The average molecular weight is 279 g/mol. The third-order valence-corrected chi connectivity index (χ3v) is 3.68. The van der Waals surface area contributed by atoms with Gasteiger partial charge in [0.2, 0.25) is 17.8 Å². The van der Waals surface area contributed by atoms with Gasteiger partial charge in [0.1, 0.15) is 0 Å². The molecule has 0 bridgehead atoms. The first kappa shape index (κ1) is 14.8. The maximum absolute atomic E-state index is 5.49. The van der Waals surface area contributed by atoms with Crippen molar-refractivity contribution in [3.63, 3.8) is 0 Å². The van der Waals surface area contributed by atoms with Gasteiger partial charge in [-0.3, -0.25) is 5.43 Å². The molecule has 0 aromatic carbocycles. The number of nitrogens with one attached hydrogen (secondary N) is 1. The Morgan fingerprint density at radius 3 is 2.25 bits per heavy atom. The third kappa shape index (κ3) is 3.47. The molecule has 0 unspecified atom stereocenters. The Morgan fingerprint density at radius 1 is 1.05 bits per heavy atom. The van der Waals surface area contributed by atoms with E-state index in [-0.39, 0.29) is 0 Å². The Hall–Kier alpha value is -1.63. The average Bonchev–Trinajstić information content (AvgIpc) is 2.77. The molecule has 1 aromatic heterocycles. The maximum Gasteiger partial charge on any atom is 0.243 e. The fourth-order valence-corrected chi connectivity index (χ4v) is 2.48. The van der Waals surface area contributed by atoms with Crippen LogP contribution in [0.15, 0.2) is 0 Å². The quantitative estimate of drug-likeness (QED) is 0.622. The van der Waals surface area contributed by atoms with Gasteiger partial charge in [-0.05, 0) is 26.7 Å². The van der Waals surface area contributed by atoms with Crippen LogP contribution in [0.25, 0.3) is 0 Å². The van der Waals surface area contributed by atoms with Crippen LogP contribution in [0.2, 0.25) is 0 Å². The van der Waals surface area contributed by atoms with Crippen LogP contribution in [0.1, 0.15) is 39.5 Å². The summed E-state index contributed by atoms with van der Waals surface area (Å²) in [5.74, 6) is 7.35. The molecule has 0 amide bonds. The second-order valence-corrected chi connectivity index (χ2v) is 4.98. The highest BCUT2D eigenvalue weighted by atomic mass is 15.4. The molecule has 1 aliphatic heterocycles. The highest BCUT2D eigenvalue weighted by Crippen LogP contribution is 2.19. The van der Waals surface area contributed by atoms with Crippen LogP contribution in [-0.2, 0) is 0 Å². The Bertz CT molecular complexity index is 411. The molecular formula is C13H25N7. The van der Waals surface area contributed by atoms with Gasteiger partial charge in [0.15, 0.2) is 0 Å². The zero-order valence-electron chi connectivity index (χ0n) is 12.5. The van der Waals surface area contributed by atoms with Crippen LogP contribution in [0.3, 0.4) is 0 Å². The third-order valence-electron chi connectivity index (χ3n) is 3.68. The number of nitrogens with two attached hydrogens (primary N) is 1. The molecule has 0 atom stereocenters.